The molecule has 1 amide bonds. The summed E-state index contributed by atoms with van der Waals surface area (Å²) >= 11 is 0. The molecule has 1 heterocycles. The van der Waals surface area contributed by atoms with Gasteiger partial charge in [-0.15, -0.1) is 0 Å². The third-order valence-electron chi connectivity index (χ3n) is 4.32. The fourth-order valence-corrected chi connectivity index (χ4v) is 2.90. The molecule has 0 aliphatic carbocycles. The molecule has 0 radical (unpaired) electrons. The maximum absolute atomic E-state index is 11.6. The number of hydrogen-bond donors (Lipinski definition) is 1. The summed E-state index contributed by atoms with van der Waals surface area (Å²) in [7, 11) is 0. The van der Waals surface area contributed by atoms with Crippen LogP contribution in [-0.2, 0) is 17.6 Å². The second kappa shape index (κ2) is 7.39. The minimum atomic E-state index is -0.540. The van der Waals surface area contributed by atoms with E-state index in [4.69, 9.17) is 10.5 Å². The molecule has 0 fully saturated rings. The second-order valence-corrected chi connectivity index (χ2v) is 6.10. The molecule has 0 aliphatic rings. The predicted molar refractivity (Wildman–Crippen MR) is 95.6 cm³/mol. The highest BCUT2D eigenvalue weighted by atomic mass is 16.5. The van der Waals surface area contributed by atoms with Gasteiger partial charge in [0.25, 0.3) is 0 Å². The van der Waals surface area contributed by atoms with Crippen molar-refractivity contribution >= 4 is 5.91 Å². The summed E-state index contributed by atoms with van der Waals surface area (Å²) in [5.41, 5.74) is 9.46. The summed E-state index contributed by atoms with van der Waals surface area (Å²) in [5, 5.41) is 13.7. The van der Waals surface area contributed by atoms with E-state index in [1.165, 1.54) is 0 Å². The first kappa shape index (κ1) is 18.5. The van der Waals surface area contributed by atoms with Gasteiger partial charge in [0, 0.05) is 0 Å². The number of ether oxygens (including phenoxy) is 1. The second-order valence-electron chi connectivity index (χ2n) is 6.10. The van der Waals surface area contributed by atoms with Crippen LogP contribution in [-0.4, -0.2) is 15.7 Å². The zero-order valence-corrected chi connectivity index (χ0v) is 15.4. The lowest BCUT2D eigenvalue weighted by molar-refractivity contribution is -0.121. The van der Waals surface area contributed by atoms with Crippen LogP contribution in [0.25, 0.3) is 0 Å². The molecule has 0 aliphatic heterocycles. The number of benzene rings is 1. The SMILES string of the molecule is CCc1nn(C(C)C(N)=O)c(CC)c1Oc1cc(C)c(C#N)c(C)c1. The summed E-state index contributed by atoms with van der Waals surface area (Å²) < 4.78 is 7.80. The summed E-state index contributed by atoms with van der Waals surface area (Å²) in [6.07, 6.45) is 1.34. The molecule has 2 N–H and O–H groups in total. The smallest absolute Gasteiger partial charge is 0.242 e. The molecule has 0 saturated carbocycles. The van der Waals surface area contributed by atoms with E-state index in [9.17, 15) is 10.1 Å². The minimum absolute atomic E-state index is 0.434. The van der Waals surface area contributed by atoms with Crippen LogP contribution in [0.2, 0.25) is 0 Å². The Kier molecular flexibility index (Phi) is 5.48. The van der Waals surface area contributed by atoms with Gasteiger partial charge in [0.15, 0.2) is 5.75 Å². The van der Waals surface area contributed by atoms with Gasteiger partial charge in [-0.2, -0.15) is 10.4 Å². The monoisotopic (exact) mass is 340 g/mol. The lowest BCUT2D eigenvalue weighted by atomic mass is 10.0. The predicted octanol–water partition coefficient (Wildman–Crippen LogP) is 3.34. The third kappa shape index (κ3) is 3.50. The van der Waals surface area contributed by atoms with Crippen molar-refractivity contribution in [3.63, 3.8) is 0 Å². The average Bonchev–Trinajstić information content (AvgIpc) is 2.91. The highest BCUT2D eigenvalue weighted by Crippen LogP contribution is 2.33. The van der Waals surface area contributed by atoms with Crippen LogP contribution in [0.1, 0.15) is 54.9 Å². The fraction of sp³-hybridized carbons (Fsp3) is 0.421. The Labute approximate surface area is 148 Å². The van der Waals surface area contributed by atoms with Gasteiger partial charge >= 0.3 is 0 Å². The van der Waals surface area contributed by atoms with E-state index in [1.54, 1.807) is 11.6 Å². The van der Waals surface area contributed by atoms with Crippen molar-refractivity contribution in [1.29, 1.82) is 5.26 Å². The van der Waals surface area contributed by atoms with Gasteiger partial charge in [-0.05, 0) is 56.9 Å². The maximum Gasteiger partial charge on any atom is 0.242 e. The first-order chi connectivity index (χ1) is 11.8. The van der Waals surface area contributed by atoms with Crippen LogP contribution < -0.4 is 10.5 Å². The van der Waals surface area contributed by atoms with E-state index in [2.05, 4.69) is 11.2 Å². The Balaban J connectivity index is 2.53. The number of primary amides is 1. The molecule has 2 rings (SSSR count). The number of carbonyl (C=O) groups is 1. The molecule has 1 aromatic heterocycles. The largest absolute Gasteiger partial charge is 0.453 e. The maximum atomic E-state index is 11.6. The molecule has 0 saturated heterocycles. The zero-order chi connectivity index (χ0) is 18.7. The number of rotatable bonds is 6. The van der Waals surface area contributed by atoms with Crippen molar-refractivity contribution in [3.8, 4) is 17.6 Å². The normalized spacial score (nSPS) is 11.8. The van der Waals surface area contributed by atoms with E-state index >= 15 is 0 Å². The number of hydrogen-bond acceptors (Lipinski definition) is 4. The van der Waals surface area contributed by atoms with Crippen LogP contribution >= 0.6 is 0 Å². The number of nitriles is 1. The summed E-state index contributed by atoms with van der Waals surface area (Å²) in [6.45, 7) is 9.48. The Hall–Kier alpha value is -2.81. The van der Waals surface area contributed by atoms with E-state index in [1.807, 2.05) is 39.8 Å². The molecule has 1 aromatic carbocycles. The van der Waals surface area contributed by atoms with Crippen LogP contribution in [0.5, 0.6) is 11.5 Å². The van der Waals surface area contributed by atoms with E-state index in [-0.39, 0.29) is 0 Å². The quantitative estimate of drug-likeness (QED) is 0.872. The number of aromatic nitrogens is 2. The standard InChI is InChI=1S/C19H24N4O2/c1-6-16-18(17(7-2)23(22-16)13(5)19(21)24)25-14-8-11(3)15(10-20)12(4)9-14/h8-9,13H,6-7H2,1-5H3,(H2,21,24). The number of aryl methyl sites for hydroxylation is 3. The molecular formula is C19H24N4O2. The molecule has 25 heavy (non-hydrogen) atoms. The first-order valence-electron chi connectivity index (χ1n) is 8.42. The van der Waals surface area contributed by atoms with E-state index in [0.717, 1.165) is 22.5 Å². The fourth-order valence-electron chi connectivity index (χ4n) is 2.90. The van der Waals surface area contributed by atoms with Gasteiger partial charge in [-0.1, -0.05) is 13.8 Å². The Morgan fingerprint density at radius 1 is 1.32 bits per heavy atom. The summed E-state index contributed by atoms with van der Waals surface area (Å²) in [5.74, 6) is 0.891. The molecule has 6 nitrogen and oxygen atoms in total. The molecule has 2 aromatic rings. The lowest BCUT2D eigenvalue weighted by Gasteiger charge is -2.13. The van der Waals surface area contributed by atoms with Crippen LogP contribution in [0.4, 0.5) is 0 Å². The van der Waals surface area contributed by atoms with Crippen molar-refractivity contribution in [2.75, 3.05) is 0 Å². The van der Waals surface area contributed by atoms with Crippen LogP contribution in [0.15, 0.2) is 12.1 Å². The molecule has 132 valence electrons. The number of nitrogens with two attached hydrogens (primary N) is 1. The number of nitrogens with zero attached hydrogens (tertiary/aromatic N) is 3. The molecular weight excluding hydrogens is 316 g/mol. The summed E-state index contributed by atoms with van der Waals surface area (Å²) in [4.78, 5) is 11.6. The molecule has 6 heteroatoms. The minimum Gasteiger partial charge on any atom is -0.453 e. The third-order valence-corrected chi connectivity index (χ3v) is 4.32. The zero-order valence-electron chi connectivity index (χ0n) is 15.4. The molecule has 1 unspecified atom stereocenters. The van der Waals surface area contributed by atoms with Gasteiger partial charge in [-0.25, -0.2) is 0 Å². The topological polar surface area (TPSA) is 93.9 Å². The van der Waals surface area contributed by atoms with Crippen molar-refractivity contribution in [1.82, 2.24) is 9.78 Å². The summed E-state index contributed by atoms with van der Waals surface area (Å²) in [6, 6.07) is 5.36. The first-order valence-corrected chi connectivity index (χ1v) is 8.42. The van der Waals surface area contributed by atoms with Crippen molar-refractivity contribution < 1.29 is 9.53 Å². The van der Waals surface area contributed by atoms with Crippen molar-refractivity contribution in [2.45, 2.75) is 53.5 Å². The highest BCUT2D eigenvalue weighted by Gasteiger charge is 2.23. The van der Waals surface area contributed by atoms with Crippen LogP contribution in [0, 0.1) is 25.2 Å². The molecule has 1 atom stereocenters. The number of carbonyl (C=O) groups excluding carboxylic acids is 1. The molecule has 0 bridgehead atoms. The van der Waals surface area contributed by atoms with Gasteiger partial charge < -0.3 is 10.5 Å². The Morgan fingerprint density at radius 2 is 1.92 bits per heavy atom. The Morgan fingerprint density at radius 3 is 2.36 bits per heavy atom. The van der Waals surface area contributed by atoms with Crippen LogP contribution in [0.3, 0.4) is 0 Å². The van der Waals surface area contributed by atoms with E-state index in [0.29, 0.717) is 29.9 Å². The average molecular weight is 340 g/mol. The van der Waals surface area contributed by atoms with Crippen molar-refractivity contribution in [3.05, 3.63) is 40.2 Å². The molecule has 0 spiro atoms. The van der Waals surface area contributed by atoms with E-state index < -0.39 is 11.9 Å². The Bertz CT molecular complexity index is 823. The van der Waals surface area contributed by atoms with Crippen molar-refractivity contribution in [2.24, 2.45) is 5.73 Å². The lowest BCUT2D eigenvalue weighted by Crippen LogP contribution is -2.26. The van der Waals surface area contributed by atoms with Gasteiger partial charge in [0.05, 0.1) is 17.3 Å². The highest BCUT2D eigenvalue weighted by molar-refractivity contribution is 5.78. The van der Waals surface area contributed by atoms with Gasteiger partial charge in [0.1, 0.15) is 17.5 Å². The number of amides is 1. The van der Waals surface area contributed by atoms with Gasteiger partial charge in [-0.3, -0.25) is 9.48 Å². The van der Waals surface area contributed by atoms with Gasteiger partial charge in [0.2, 0.25) is 5.91 Å².